The Bertz CT molecular complexity index is 1340. The molecule has 1 amide bonds. The molecule has 36 heavy (non-hydrogen) atoms. The SMILES string of the molecule is Cc1cc(C)cc(C(=O)N2CC[C@H](NCc3ccnc4ccccc34)C[C@H]2Cc2ccc(Cl)cc2)c1. The van der Waals surface area contributed by atoms with Crippen LogP contribution in [0.25, 0.3) is 10.9 Å². The summed E-state index contributed by atoms with van der Waals surface area (Å²) in [5.74, 6) is 0.124. The number of pyridine rings is 1. The third-order valence-electron chi connectivity index (χ3n) is 7.15. The van der Waals surface area contributed by atoms with Gasteiger partial charge in [0.1, 0.15) is 0 Å². The predicted molar refractivity (Wildman–Crippen MR) is 148 cm³/mol. The zero-order chi connectivity index (χ0) is 25.1. The number of fused-ring (bicyclic) bond motifs is 1. The number of hydrogen-bond acceptors (Lipinski definition) is 3. The number of aryl methyl sites for hydroxylation is 2. The molecule has 184 valence electrons. The number of benzene rings is 3. The molecule has 4 nitrogen and oxygen atoms in total. The quantitative estimate of drug-likeness (QED) is 0.330. The molecule has 0 unspecified atom stereocenters. The fraction of sp³-hybridized carbons (Fsp3) is 0.290. The number of halogens is 1. The van der Waals surface area contributed by atoms with Crippen molar-refractivity contribution in [3.63, 3.8) is 0 Å². The van der Waals surface area contributed by atoms with E-state index in [1.54, 1.807) is 0 Å². The van der Waals surface area contributed by atoms with Crippen LogP contribution in [0.5, 0.6) is 0 Å². The number of nitrogens with zero attached hydrogens (tertiary/aromatic N) is 2. The maximum absolute atomic E-state index is 13.7. The Morgan fingerprint density at radius 3 is 2.56 bits per heavy atom. The molecule has 1 N–H and O–H groups in total. The number of nitrogens with one attached hydrogen (secondary N) is 1. The highest BCUT2D eigenvalue weighted by atomic mass is 35.5. The molecule has 0 aliphatic carbocycles. The van der Waals surface area contributed by atoms with Crippen LogP contribution in [0.3, 0.4) is 0 Å². The van der Waals surface area contributed by atoms with Gasteiger partial charge < -0.3 is 10.2 Å². The van der Waals surface area contributed by atoms with E-state index in [-0.39, 0.29) is 11.9 Å². The molecule has 1 aromatic heterocycles. The summed E-state index contributed by atoms with van der Waals surface area (Å²) in [6.45, 7) is 5.62. The minimum atomic E-state index is 0.111. The van der Waals surface area contributed by atoms with Crippen LogP contribution in [-0.4, -0.2) is 34.4 Å². The molecule has 0 radical (unpaired) electrons. The molecule has 5 heteroatoms. The van der Waals surface area contributed by atoms with Gasteiger partial charge in [0.2, 0.25) is 0 Å². The van der Waals surface area contributed by atoms with Crippen molar-refractivity contribution in [2.75, 3.05) is 6.54 Å². The predicted octanol–water partition coefficient (Wildman–Crippen LogP) is 6.51. The lowest BCUT2D eigenvalue weighted by atomic mass is 9.91. The third-order valence-corrected chi connectivity index (χ3v) is 7.40. The Hall–Kier alpha value is -3.21. The van der Waals surface area contributed by atoms with E-state index >= 15 is 0 Å². The smallest absolute Gasteiger partial charge is 0.254 e. The van der Waals surface area contributed by atoms with Gasteiger partial charge in [-0.3, -0.25) is 9.78 Å². The lowest BCUT2D eigenvalue weighted by molar-refractivity contribution is 0.0576. The maximum atomic E-state index is 13.7. The Morgan fingerprint density at radius 1 is 1.03 bits per heavy atom. The summed E-state index contributed by atoms with van der Waals surface area (Å²) in [5, 5.41) is 5.70. The molecule has 1 aliphatic heterocycles. The minimum absolute atomic E-state index is 0.111. The van der Waals surface area contributed by atoms with Gasteiger partial charge in [0.05, 0.1) is 5.52 Å². The van der Waals surface area contributed by atoms with E-state index < -0.39 is 0 Å². The Labute approximate surface area is 218 Å². The van der Waals surface area contributed by atoms with E-state index in [1.165, 1.54) is 16.5 Å². The minimum Gasteiger partial charge on any atom is -0.335 e. The molecule has 2 atom stereocenters. The number of carbonyl (C=O) groups excluding carboxylic acids is 1. The summed E-state index contributed by atoms with van der Waals surface area (Å²) in [6, 6.07) is 24.9. The number of para-hydroxylation sites is 1. The second kappa shape index (κ2) is 10.8. The molecule has 1 saturated heterocycles. The largest absolute Gasteiger partial charge is 0.335 e. The van der Waals surface area contributed by atoms with Crippen molar-refractivity contribution in [1.29, 1.82) is 0 Å². The molecular formula is C31H32ClN3O. The molecule has 1 fully saturated rings. The van der Waals surface area contributed by atoms with E-state index in [1.807, 2.05) is 50.4 Å². The normalized spacial score (nSPS) is 17.9. The summed E-state index contributed by atoms with van der Waals surface area (Å²) in [4.78, 5) is 20.2. The first-order chi connectivity index (χ1) is 17.5. The van der Waals surface area contributed by atoms with Gasteiger partial charge >= 0.3 is 0 Å². The van der Waals surface area contributed by atoms with Crippen LogP contribution in [0, 0.1) is 13.8 Å². The number of aromatic nitrogens is 1. The first kappa shape index (κ1) is 24.5. The van der Waals surface area contributed by atoms with Gasteiger partial charge in [-0.25, -0.2) is 0 Å². The maximum Gasteiger partial charge on any atom is 0.254 e. The van der Waals surface area contributed by atoms with E-state index in [0.717, 1.165) is 59.6 Å². The van der Waals surface area contributed by atoms with Crippen molar-refractivity contribution in [2.24, 2.45) is 0 Å². The van der Waals surface area contributed by atoms with E-state index in [2.05, 4.69) is 57.7 Å². The van der Waals surface area contributed by atoms with Crippen LogP contribution in [-0.2, 0) is 13.0 Å². The second-order valence-corrected chi connectivity index (χ2v) is 10.4. The van der Waals surface area contributed by atoms with Crippen molar-refractivity contribution in [3.8, 4) is 0 Å². The molecule has 0 saturated carbocycles. The molecule has 3 aromatic carbocycles. The zero-order valence-electron chi connectivity index (χ0n) is 20.9. The number of amides is 1. The average molecular weight is 498 g/mol. The highest BCUT2D eigenvalue weighted by Crippen LogP contribution is 2.26. The van der Waals surface area contributed by atoms with Crippen LogP contribution in [0.1, 0.15) is 45.5 Å². The summed E-state index contributed by atoms with van der Waals surface area (Å²) >= 11 is 6.13. The van der Waals surface area contributed by atoms with Gasteiger partial charge in [-0.15, -0.1) is 0 Å². The van der Waals surface area contributed by atoms with Crippen molar-refractivity contribution in [2.45, 2.75) is 51.7 Å². The van der Waals surface area contributed by atoms with Crippen molar-refractivity contribution >= 4 is 28.4 Å². The molecule has 1 aliphatic rings. The van der Waals surface area contributed by atoms with Crippen molar-refractivity contribution < 1.29 is 4.79 Å². The lowest BCUT2D eigenvalue weighted by Gasteiger charge is -2.40. The molecule has 0 bridgehead atoms. The number of carbonyl (C=O) groups is 1. The number of hydrogen-bond donors (Lipinski definition) is 1. The van der Waals surface area contributed by atoms with E-state index in [0.29, 0.717) is 6.04 Å². The Morgan fingerprint density at radius 2 is 1.78 bits per heavy atom. The first-order valence-electron chi connectivity index (χ1n) is 12.7. The monoisotopic (exact) mass is 497 g/mol. The fourth-order valence-corrected chi connectivity index (χ4v) is 5.54. The van der Waals surface area contributed by atoms with E-state index in [9.17, 15) is 4.79 Å². The molecule has 4 aromatic rings. The number of piperidine rings is 1. The second-order valence-electron chi connectivity index (χ2n) is 9.95. The molecular weight excluding hydrogens is 466 g/mol. The standard InChI is InChI=1S/C31H32ClN3O/c1-21-15-22(2)17-25(16-21)31(36)35-14-12-27(19-28(35)18-23-7-9-26(32)10-8-23)34-20-24-11-13-33-30-6-4-3-5-29(24)30/h3-11,13,15-17,27-28,34H,12,14,18-20H2,1-2H3/t27-,28+/m0/s1. The highest BCUT2D eigenvalue weighted by molar-refractivity contribution is 6.30. The van der Waals surface area contributed by atoms with Crippen LogP contribution >= 0.6 is 11.6 Å². The fourth-order valence-electron chi connectivity index (χ4n) is 5.42. The topological polar surface area (TPSA) is 45.2 Å². The van der Waals surface area contributed by atoms with Gasteiger partial charge in [0, 0.05) is 47.3 Å². The van der Waals surface area contributed by atoms with Gasteiger partial charge in [-0.05, 0) is 80.6 Å². The molecule has 2 heterocycles. The van der Waals surface area contributed by atoms with Gasteiger partial charge in [0.15, 0.2) is 0 Å². The number of rotatable bonds is 6. The molecule has 5 rings (SSSR count). The van der Waals surface area contributed by atoms with Crippen LogP contribution in [0.4, 0.5) is 0 Å². The first-order valence-corrected chi connectivity index (χ1v) is 13.0. The third kappa shape index (κ3) is 5.61. The van der Waals surface area contributed by atoms with Crippen molar-refractivity contribution in [1.82, 2.24) is 15.2 Å². The summed E-state index contributed by atoms with van der Waals surface area (Å²) < 4.78 is 0. The Kier molecular flexibility index (Phi) is 7.35. The lowest BCUT2D eigenvalue weighted by Crippen LogP contribution is -2.51. The van der Waals surface area contributed by atoms with Gasteiger partial charge in [0.25, 0.3) is 5.91 Å². The molecule has 0 spiro atoms. The van der Waals surface area contributed by atoms with E-state index in [4.69, 9.17) is 11.6 Å². The highest BCUT2D eigenvalue weighted by Gasteiger charge is 2.32. The van der Waals surface area contributed by atoms with Gasteiger partial charge in [-0.2, -0.15) is 0 Å². The zero-order valence-corrected chi connectivity index (χ0v) is 21.6. The summed E-state index contributed by atoms with van der Waals surface area (Å²) in [7, 11) is 0. The van der Waals surface area contributed by atoms with Crippen LogP contribution < -0.4 is 5.32 Å². The van der Waals surface area contributed by atoms with Crippen LogP contribution in [0.2, 0.25) is 5.02 Å². The summed E-state index contributed by atoms with van der Waals surface area (Å²) in [6.07, 6.45) is 4.52. The van der Waals surface area contributed by atoms with Crippen molar-refractivity contribution in [3.05, 3.63) is 112 Å². The van der Waals surface area contributed by atoms with Crippen LogP contribution in [0.15, 0.2) is 79.0 Å². The Balaban J connectivity index is 1.35. The van der Waals surface area contributed by atoms with Gasteiger partial charge in [-0.1, -0.05) is 59.1 Å². The number of likely N-dealkylation sites (tertiary alicyclic amines) is 1. The average Bonchev–Trinajstić information content (AvgIpc) is 2.88. The summed E-state index contributed by atoms with van der Waals surface area (Å²) in [5.41, 5.74) is 6.49.